The molecule has 3 N–H and O–H groups in total. The molecule has 0 aliphatic carbocycles. The van der Waals surface area contributed by atoms with Gasteiger partial charge >= 0.3 is 5.97 Å². The standard InChI is InChI=1S/C22H19N5O4S/c1-2-27-20-16(11-24-27)15(10-17(25-20)13-6-4-3-5-7-13)22(30)31-12-18(28)26-21-14(19(23)29)8-9-32-21/h3-11H,2,12H2,1H3,(H2,23,29)(H,26,28). The highest BCUT2D eigenvalue weighted by atomic mass is 32.1. The Morgan fingerprint density at radius 3 is 2.66 bits per heavy atom. The van der Waals surface area contributed by atoms with Gasteiger partial charge in [0.1, 0.15) is 5.00 Å². The van der Waals surface area contributed by atoms with Gasteiger partial charge in [0.2, 0.25) is 0 Å². The summed E-state index contributed by atoms with van der Waals surface area (Å²) in [6.45, 7) is 1.98. The predicted octanol–water partition coefficient (Wildman–Crippen LogP) is 3.07. The molecule has 0 aliphatic rings. The van der Waals surface area contributed by atoms with E-state index in [9.17, 15) is 14.4 Å². The number of aromatic nitrogens is 3. The Morgan fingerprint density at radius 2 is 1.94 bits per heavy atom. The molecule has 0 spiro atoms. The number of rotatable bonds is 7. The number of esters is 1. The molecule has 0 unspecified atom stereocenters. The van der Waals surface area contributed by atoms with Crippen LogP contribution in [0.4, 0.5) is 5.00 Å². The number of primary amides is 1. The number of fused-ring (bicyclic) bond motifs is 1. The second-order valence-electron chi connectivity index (χ2n) is 6.77. The minimum Gasteiger partial charge on any atom is -0.452 e. The SMILES string of the molecule is CCn1ncc2c(C(=O)OCC(=O)Nc3sccc3C(N)=O)cc(-c3ccccc3)nc21. The molecule has 9 nitrogen and oxygen atoms in total. The summed E-state index contributed by atoms with van der Waals surface area (Å²) in [6, 6.07) is 12.6. The number of carbonyl (C=O) groups is 3. The molecule has 162 valence electrons. The summed E-state index contributed by atoms with van der Waals surface area (Å²) in [6.07, 6.45) is 1.56. The van der Waals surface area contributed by atoms with Crippen molar-refractivity contribution in [3.8, 4) is 11.3 Å². The second-order valence-corrected chi connectivity index (χ2v) is 7.69. The number of carbonyl (C=O) groups excluding carboxylic acids is 3. The van der Waals surface area contributed by atoms with Crippen LogP contribution in [0.25, 0.3) is 22.3 Å². The van der Waals surface area contributed by atoms with Crippen molar-refractivity contribution in [2.75, 3.05) is 11.9 Å². The van der Waals surface area contributed by atoms with Gasteiger partial charge in [-0.05, 0) is 24.4 Å². The van der Waals surface area contributed by atoms with Gasteiger partial charge < -0.3 is 15.8 Å². The third-order valence-electron chi connectivity index (χ3n) is 4.72. The Balaban J connectivity index is 1.57. The molecule has 0 bridgehead atoms. The lowest BCUT2D eigenvalue weighted by molar-refractivity contribution is -0.119. The maximum atomic E-state index is 12.9. The number of nitrogens with zero attached hydrogens (tertiary/aromatic N) is 3. The summed E-state index contributed by atoms with van der Waals surface area (Å²) in [4.78, 5) is 41.2. The Morgan fingerprint density at radius 1 is 1.16 bits per heavy atom. The van der Waals surface area contributed by atoms with Gasteiger partial charge in [-0.15, -0.1) is 11.3 Å². The van der Waals surface area contributed by atoms with Crippen LogP contribution in [0, 0.1) is 0 Å². The molecule has 10 heteroatoms. The first-order valence-electron chi connectivity index (χ1n) is 9.74. The van der Waals surface area contributed by atoms with Crippen LogP contribution < -0.4 is 11.1 Å². The summed E-state index contributed by atoms with van der Waals surface area (Å²) >= 11 is 1.15. The first-order valence-corrected chi connectivity index (χ1v) is 10.6. The zero-order valence-corrected chi connectivity index (χ0v) is 17.9. The second kappa shape index (κ2) is 8.98. The summed E-state index contributed by atoms with van der Waals surface area (Å²) in [5.74, 6) is -1.91. The number of nitrogens with one attached hydrogen (secondary N) is 1. The monoisotopic (exact) mass is 449 g/mol. The third kappa shape index (κ3) is 4.21. The molecule has 0 aliphatic heterocycles. The van der Waals surface area contributed by atoms with E-state index in [0.29, 0.717) is 28.3 Å². The fraction of sp³-hybridized carbons (Fsp3) is 0.136. The van der Waals surface area contributed by atoms with Crippen LogP contribution in [0.1, 0.15) is 27.6 Å². The molecular weight excluding hydrogens is 430 g/mol. The number of anilines is 1. The third-order valence-corrected chi connectivity index (χ3v) is 5.55. The maximum Gasteiger partial charge on any atom is 0.339 e. The van der Waals surface area contributed by atoms with Gasteiger partial charge in [0.05, 0.1) is 28.4 Å². The van der Waals surface area contributed by atoms with Gasteiger partial charge in [-0.3, -0.25) is 9.59 Å². The summed E-state index contributed by atoms with van der Waals surface area (Å²) in [7, 11) is 0. The molecule has 0 radical (unpaired) electrons. The van der Waals surface area contributed by atoms with Crippen molar-refractivity contribution in [1.29, 1.82) is 0 Å². The predicted molar refractivity (Wildman–Crippen MR) is 120 cm³/mol. The zero-order valence-electron chi connectivity index (χ0n) is 17.1. The van der Waals surface area contributed by atoms with E-state index in [-0.39, 0.29) is 11.1 Å². The van der Waals surface area contributed by atoms with Crippen molar-refractivity contribution in [1.82, 2.24) is 14.8 Å². The number of pyridine rings is 1. The number of benzene rings is 1. The van der Waals surface area contributed by atoms with Gasteiger partial charge in [0, 0.05) is 12.1 Å². The molecule has 3 heterocycles. The Hall–Kier alpha value is -4.05. The first kappa shape index (κ1) is 21.2. The quantitative estimate of drug-likeness (QED) is 0.417. The van der Waals surface area contributed by atoms with Crippen molar-refractivity contribution < 1.29 is 19.1 Å². The lowest BCUT2D eigenvalue weighted by Gasteiger charge is -2.09. The Kier molecular flexibility index (Phi) is 5.95. The number of thiophene rings is 1. The molecule has 1 aromatic carbocycles. The fourth-order valence-electron chi connectivity index (χ4n) is 3.18. The molecule has 2 amide bonds. The van der Waals surface area contributed by atoms with Crippen LogP contribution in [0.2, 0.25) is 0 Å². The van der Waals surface area contributed by atoms with Crippen LogP contribution in [0.5, 0.6) is 0 Å². The van der Waals surface area contributed by atoms with E-state index in [1.54, 1.807) is 22.3 Å². The van der Waals surface area contributed by atoms with Crippen molar-refractivity contribution in [2.24, 2.45) is 5.73 Å². The van der Waals surface area contributed by atoms with Gasteiger partial charge in [-0.25, -0.2) is 14.5 Å². The highest BCUT2D eigenvalue weighted by Gasteiger charge is 2.20. The highest BCUT2D eigenvalue weighted by molar-refractivity contribution is 7.14. The molecule has 4 rings (SSSR count). The number of hydrogen-bond acceptors (Lipinski definition) is 7. The largest absolute Gasteiger partial charge is 0.452 e. The van der Waals surface area contributed by atoms with Gasteiger partial charge in [-0.2, -0.15) is 5.10 Å². The molecular formula is C22H19N5O4S. The van der Waals surface area contributed by atoms with Crippen molar-refractivity contribution in [3.05, 3.63) is 65.2 Å². The topological polar surface area (TPSA) is 129 Å². The number of nitrogens with two attached hydrogens (primary N) is 1. The minimum absolute atomic E-state index is 0.199. The highest BCUT2D eigenvalue weighted by Crippen LogP contribution is 2.26. The number of aryl methyl sites for hydroxylation is 1. The summed E-state index contributed by atoms with van der Waals surface area (Å²) in [5.41, 5.74) is 7.71. The molecule has 0 saturated carbocycles. The van der Waals surface area contributed by atoms with E-state index >= 15 is 0 Å². The lowest BCUT2D eigenvalue weighted by Crippen LogP contribution is -2.22. The van der Waals surface area contributed by atoms with Crippen LogP contribution in [0.15, 0.2) is 54.0 Å². The molecule has 32 heavy (non-hydrogen) atoms. The molecule has 0 fully saturated rings. The van der Waals surface area contributed by atoms with E-state index in [0.717, 1.165) is 16.9 Å². The molecule has 0 atom stereocenters. The van der Waals surface area contributed by atoms with Crippen molar-refractivity contribution in [3.63, 3.8) is 0 Å². The van der Waals surface area contributed by atoms with E-state index in [2.05, 4.69) is 15.4 Å². The molecule has 0 saturated heterocycles. The number of hydrogen-bond donors (Lipinski definition) is 2. The van der Waals surface area contributed by atoms with E-state index < -0.39 is 24.4 Å². The van der Waals surface area contributed by atoms with E-state index in [4.69, 9.17) is 10.5 Å². The zero-order chi connectivity index (χ0) is 22.7. The van der Waals surface area contributed by atoms with E-state index in [1.165, 1.54) is 6.07 Å². The molecule has 3 aromatic heterocycles. The average Bonchev–Trinajstić information content (AvgIpc) is 3.44. The Labute approximate surface area is 186 Å². The normalized spacial score (nSPS) is 10.8. The Bertz CT molecular complexity index is 1310. The summed E-state index contributed by atoms with van der Waals surface area (Å²) < 4.78 is 6.94. The fourth-order valence-corrected chi connectivity index (χ4v) is 3.98. The van der Waals surface area contributed by atoms with E-state index in [1.807, 2.05) is 37.3 Å². The van der Waals surface area contributed by atoms with Crippen molar-refractivity contribution >= 4 is 45.2 Å². The van der Waals surface area contributed by atoms with Crippen LogP contribution in [-0.2, 0) is 16.1 Å². The maximum absolute atomic E-state index is 12.9. The van der Waals surface area contributed by atoms with Gasteiger partial charge in [-0.1, -0.05) is 30.3 Å². The van der Waals surface area contributed by atoms with Crippen molar-refractivity contribution in [2.45, 2.75) is 13.5 Å². The first-order chi connectivity index (χ1) is 15.5. The van der Waals surface area contributed by atoms with Gasteiger partial charge in [0.25, 0.3) is 11.8 Å². The van der Waals surface area contributed by atoms with Crippen LogP contribution in [-0.4, -0.2) is 39.2 Å². The van der Waals surface area contributed by atoms with Crippen LogP contribution >= 0.6 is 11.3 Å². The average molecular weight is 449 g/mol. The summed E-state index contributed by atoms with van der Waals surface area (Å²) in [5, 5.41) is 9.30. The van der Waals surface area contributed by atoms with Crippen LogP contribution in [0.3, 0.4) is 0 Å². The smallest absolute Gasteiger partial charge is 0.339 e. The molecule has 4 aromatic rings. The number of amides is 2. The lowest BCUT2D eigenvalue weighted by atomic mass is 10.1. The van der Waals surface area contributed by atoms with Gasteiger partial charge in [0.15, 0.2) is 12.3 Å². The number of ether oxygens (including phenoxy) is 1. The minimum atomic E-state index is -0.679.